The van der Waals surface area contributed by atoms with E-state index in [0.29, 0.717) is 11.5 Å². The fourth-order valence-corrected chi connectivity index (χ4v) is 3.62. The number of hydrogen-bond donors (Lipinski definition) is 1. The highest BCUT2D eigenvalue weighted by Crippen LogP contribution is 2.36. The van der Waals surface area contributed by atoms with Gasteiger partial charge < -0.3 is 5.11 Å². The van der Waals surface area contributed by atoms with Crippen LogP contribution in [0.1, 0.15) is 59.8 Å². The van der Waals surface area contributed by atoms with Gasteiger partial charge in [0.2, 0.25) is 0 Å². The molecule has 0 aromatic heterocycles. The lowest BCUT2D eigenvalue weighted by molar-refractivity contribution is -0.0254. The molecule has 1 saturated heterocycles. The lowest BCUT2D eigenvalue weighted by atomic mass is 9.75. The zero-order valence-electron chi connectivity index (χ0n) is 12.7. The van der Waals surface area contributed by atoms with Gasteiger partial charge in [-0.05, 0) is 62.4 Å². The van der Waals surface area contributed by atoms with E-state index in [0.717, 1.165) is 18.3 Å². The lowest BCUT2D eigenvalue weighted by Gasteiger charge is -2.46. The van der Waals surface area contributed by atoms with E-state index in [2.05, 4.69) is 32.6 Å². The van der Waals surface area contributed by atoms with Crippen LogP contribution < -0.4 is 0 Å². The Kier molecular flexibility index (Phi) is 4.38. The summed E-state index contributed by atoms with van der Waals surface area (Å²) in [5.41, 5.74) is 0.508. The number of nitrogens with zero attached hydrogens (tertiary/aromatic N) is 1. The molecule has 0 amide bonds. The Hall–Kier alpha value is -0.0800. The monoisotopic (exact) mass is 253 g/mol. The molecule has 3 unspecified atom stereocenters. The van der Waals surface area contributed by atoms with Crippen LogP contribution in [-0.2, 0) is 0 Å². The Morgan fingerprint density at radius 3 is 2.28 bits per heavy atom. The smallest absolute Gasteiger partial charge is 0.0695 e. The van der Waals surface area contributed by atoms with Crippen molar-refractivity contribution in [3.63, 3.8) is 0 Å². The molecular weight excluding hydrogens is 222 g/mol. The third kappa shape index (κ3) is 3.27. The number of piperidine rings is 1. The molecule has 1 saturated carbocycles. The number of likely N-dealkylation sites (tertiary alicyclic amines) is 1. The minimum absolute atomic E-state index is 0.0822. The Morgan fingerprint density at radius 2 is 1.72 bits per heavy atom. The molecule has 1 N–H and O–H groups in total. The summed E-state index contributed by atoms with van der Waals surface area (Å²) >= 11 is 0. The average Bonchev–Trinajstić information content (AvgIpc) is 2.30. The summed E-state index contributed by atoms with van der Waals surface area (Å²) in [6.07, 6.45) is 5.91. The molecule has 0 radical (unpaired) electrons. The van der Waals surface area contributed by atoms with Crippen LogP contribution in [0.4, 0.5) is 0 Å². The van der Waals surface area contributed by atoms with E-state index in [4.69, 9.17) is 0 Å². The van der Waals surface area contributed by atoms with Gasteiger partial charge in [-0.25, -0.2) is 0 Å². The van der Waals surface area contributed by atoms with Gasteiger partial charge in [0.15, 0.2) is 0 Å². The molecule has 2 nitrogen and oxygen atoms in total. The van der Waals surface area contributed by atoms with Crippen LogP contribution in [0.15, 0.2) is 0 Å². The van der Waals surface area contributed by atoms with Gasteiger partial charge in [0.05, 0.1) is 6.10 Å². The van der Waals surface area contributed by atoms with Crippen LogP contribution in [-0.4, -0.2) is 35.2 Å². The van der Waals surface area contributed by atoms with E-state index in [1.165, 1.54) is 38.8 Å². The minimum atomic E-state index is -0.0822. The van der Waals surface area contributed by atoms with Crippen LogP contribution in [0.2, 0.25) is 0 Å². The average molecular weight is 253 g/mol. The summed E-state index contributed by atoms with van der Waals surface area (Å²) in [6, 6.07) is 0.433. The predicted octanol–water partition coefficient (Wildman–Crippen LogP) is 3.29. The molecule has 2 rings (SSSR count). The number of rotatable bonds is 2. The van der Waals surface area contributed by atoms with Crippen LogP contribution >= 0.6 is 0 Å². The molecule has 1 heterocycles. The van der Waals surface area contributed by atoms with Crippen molar-refractivity contribution in [1.29, 1.82) is 0 Å². The summed E-state index contributed by atoms with van der Waals surface area (Å²) in [4.78, 5) is 2.57. The molecule has 2 aliphatic rings. The Balaban J connectivity index is 1.94. The second-order valence-electron chi connectivity index (χ2n) is 7.65. The van der Waals surface area contributed by atoms with Gasteiger partial charge in [-0.1, -0.05) is 27.7 Å². The standard InChI is InChI=1S/C16H31NO/c1-12(2)13-5-6-15(18)14(11-13)17-9-7-16(3,4)8-10-17/h12-15,18H,5-11H2,1-4H3. The molecule has 18 heavy (non-hydrogen) atoms. The van der Waals surface area contributed by atoms with Crippen molar-refractivity contribution in [3.8, 4) is 0 Å². The van der Waals surface area contributed by atoms with E-state index in [9.17, 15) is 5.11 Å². The number of aliphatic hydroxyl groups excluding tert-OH is 1. The first-order chi connectivity index (χ1) is 8.39. The number of aliphatic hydroxyl groups is 1. The molecule has 0 aromatic rings. The van der Waals surface area contributed by atoms with E-state index in [1.807, 2.05) is 0 Å². The van der Waals surface area contributed by atoms with Crippen molar-refractivity contribution in [2.75, 3.05) is 13.1 Å². The van der Waals surface area contributed by atoms with Crippen LogP contribution in [0, 0.1) is 17.3 Å². The SMILES string of the molecule is CC(C)C1CCC(O)C(N2CCC(C)(C)CC2)C1. The van der Waals surface area contributed by atoms with Crippen LogP contribution in [0.3, 0.4) is 0 Å². The maximum atomic E-state index is 10.3. The largest absolute Gasteiger partial charge is 0.391 e. The first-order valence-corrected chi connectivity index (χ1v) is 7.81. The van der Waals surface area contributed by atoms with Gasteiger partial charge in [-0.15, -0.1) is 0 Å². The molecule has 2 heteroatoms. The minimum Gasteiger partial charge on any atom is -0.391 e. The highest BCUT2D eigenvalue weighted by molar-refractivity contribution is 4.91. The van der Waals surface area contributed by atoms with Crippen molar-refractivity contribution < 1.29 is 5.11 Å². The molecule has 0 bridgehead atoms. The molecular formula is C16H31NO. The van der Waals surface area contributed by atoms with E-state index in [-0.39, 0.29) is 6.10 Å². The highest BCUT2D eigenvalue weighted by Gasteiger charge is 2.37. The highest BCUT2D eigenvalue weighted by atomic mass is 16.3. The lowest BCUT2D eigenvalue weighted by Crippen LogP contribution is -2.51. The molecule has 1 aliphatic heterocycles. The third-order valence-electron chi connectivity index (χ3n) is 5.39. The zero-order valence-corrected chi connectivity index (χ0v) is 12.7. The van der Waals surface area contributed by atoms with E-state index < -0.39 is 0 Å². The van der Waals surface area contributed by atoms with Crippen molar-refractivity contribution in [1.82, 2.24) is 4.90 Å². The number of hydrogen-bond acceptors (Lipinski definition) is 2. The fourth-order valence-electron chi connectivity index (χ4n) is 3.62. The predicted molar refractivity (Wildman–Crippen MR) is 76.6 cm³/mol. The van der Waals surface area contributed by atoms with Gasteiger partial charge in [-0.3, -0.25) is 4.90 Å². The van der Waals surface area contributed by atoms with Gasteiger partial charge in [0.1, 0.15) is 0 Å². The quantitative estimate of drug-likeness (QED) is 0.816. The molecule has 2 fully saturated rings. The Morgan fingerprint density at radius 1 is 1.11 bits per heavy atom. The summed E-state index contributed by atoms with van der Waals surface area (Å²) in [7, 11) is 0. The Bertz CT molecular complexity index is 264. The molecule has 3 atom stereocenters. The summed E-state index contributed by atoms with van der Waals surface area (Å²) < 4.78 is 0. The summed E-state index contributed by atoms with van der Waals surface area (Å²) in [6.45, 7) is 11.8. The molecule has 0 aromatic carbocycles. The van der Waals surface area contributed by atoms with Gasteiger partial charge in [0, 0.05) is 6.04 Å². The summed E-state index contributed by atoms with van der Waals surface area (Å²) in [5, 5.41) is 10.3. The summed E-state index contributed by atoms with van der Waals surface area (Å²) in [5.74, 6) is 1.58. The topological polar surface area (TPSA) is 23.5 Å². The van der Waals surface area contributed by atoms with Crippen LogP contribution in [0.5, 0.6) is 0 Å². The van der Waals surface area contributed by atoms with Crippen molar-refractivity contribution >= 4 is 0 Å². The van der Waals surface area contributed by atoms with E-state index >= 15 is 0 Å². The maximum Gasteiger partial charge on any atom is 0.0695 e. The first kappa shape index (κ1) is 14.3. The maximum absolute atomic E-state index is 10.3. The fraction of sp³-hybridized carbons (Fsp3) is 1.00. The normalized spacial score (nSPS) is 38.0. The molecule has 106 valence electrons. The van der Waals surface area contributed by atoms with Crippen molar-refractivity contribution in [3.05, 3.63) is 0 Å². The van der Waals surface area contributed by atoms with E-state index in [1.54, 1.807) is 0 Å². The second-order valence-corrected chi connectivity index (χ2v) is 7.65. The zero-order chi connectivity index (χ0) is 13.3. The molecule has 1 aliphatic carbocycles. The van der Waals surface area contributed by atoms with Crippen molar-refractivity contribution in [2.24, 2.45) is 17.3 Å². The van der Waals surface area contributed by atoms with Gasteiger partial charge in [-0.2, -0.15) is 0 Å². The second kappa shape index (κ2) is 5.50. The Labute approximate surface area is 113 Å². The third-order valence-corrected chi connectivity index (χ3v) is 5.39. The molecule has 0 spiro atoms. The van der Waals surface area contributed by atoms with Crippen molar-refractivity contribution in [2.45, 2.75) is 71.9 Å². The van der Waals surface area contributed by atoms with Crippen LogP contribution in [0.25, 0.3) is 0 Å². The first-order valence-electron chi connectivity index (χ1n) is 7.81. The van der Waals surface area contributed by atoms with Gasteiger partial charge >= 0.3 is 0 Å². The van der Waals surface area contributed by atoms with Gasteiger partial charge in [0.25, 0.3) is 0 Å².